The van der Waals surface area contributed by atoms with Gasteiger partial charge in [0.15, 0.2) is 0 Å². The van der Waals surface area contributed by atoms with E-state index >= 15 is 0 Å². The van der Waals surface area contributed by atoms with Crippen molar-refractivity contribution in [2.75, 3.05) is 0 Å². The molecule has 0 saturated heterocycles. The van der Waals surface area contributed by atoms with Crippen molar-refractivity contribution in [2.45, 2.75) is 6.92 Å². The van der Waals surface area contributed by atoms with Crippen molar-refractivity contribution in [2.24, 2.45) is 0 Å². The summed E-state index contributed by atoms with van der Waals surface area (Å²) in [6, 6.07) is 0. The Labute approximate surface area is 67.4 Å². The Morgan fingerprint density at radius 3 is 1.57 bits per heavy atom. The van der Waals surface area contributed by atoms with Gasteiger partial charge in [-0.2, -0.15) is 6.92 Å². The fourth-order valence-corrected chi connectivity index (χ4v) is 0. The number of nitrogens with zero attached hydrogens (tertiary/aromatic N) is 1. The maximum atomic E-state index is 6.25. The normalized spacial score (nSPS) is 2.14. The molecule has 0 bridgehead atoms. The van der Waals surface area contributed by atoms with E-state index in [-0.39, 0.29) is 35.9 Å². The van der Waals surface area contributed by atoms with E-state index in [2.05, 4.69) is 12.7 Å². The van der Waals surface area contributed by atoms with Crippen molar-refractivity contribution in [1.29, 1.82) is 5.26 Å². The molecule has 0 saturated carbocycles. The van der Waals surface area contributed by atoms with Gasteiger partial charge in [-0.3, -0.25) is 6.58 Å². The van der Waals surface area contributed by atoms with E-state index in [1.54, 1.807) is 6.92 Å². The Balaban J connectivity index is -0.0000000105. The smallest absolute Gasteiger partial charge is 0.512 e. The van der Waals surface area contributed by atoms with Gasteiger partial charge in [-0.15, -0.1) is 0 Å². The Kier molecular flexibility index (Phi) is 378. The molecule has 1 nitrogen and oxygen atoms in total. The summed E-state index contributed by atoms with van der Waals surface area (Å²) in [5.74, 6) is 0. The Hall–Kier alpha value is 0.347. The van der Waals surface area contributed by atoms with Crippen LogP contribution in [-0.4, -0.2) is 18.9 Å². The molecule has 3 heteroatoms. The first-order chi connectivity index (χ1) is 2.41. The summed E-state index contributed by atoms with van der Waals surface area (Å²) in [6.07, 6.45) is 2.50. The van der Waals surface area contributed by atoms with Gasteiger partial charge in [0.05, 0.1) is 0 Å². The van der Waals surface area contributed by atoms with Gasteiger partial charge in [0.25, 0.3) is 0 Å². The summed E-state index contributed by atoms with van der Waals surface area (Å²) < 4.78 is 0. The van der Waals surface area contributed by atoms with Gasteiger partial charge in [0.1, 0.15) is 0 Å². The number of hydrogen-bond donors (Lipinski definition) is 0. The van der Waals surface area contributed by atoms with Gasteiger partial charge >= 0.3 is 17.1 Å². The summed E-state index contributed by atoms with van der Waals surface area (Å²) >= 11 is 0. The zero-order chi connectivity index (χ0) is 4.71. The maximum absolute atomic E-state index is 6.25. The molecule has 0 unspecified atom stereocenters. The molecule has 0 heterocycles. The molecule has 0 aromatic heterocycles. The fraction of sp³-hybridized carbons (Fsp3) is 0.250. The molecule has 7 heavy (non-hydrogen) atoms. The van der Waals surface area contributed by atoms with Crippen LogP contribution >= 0.6 is 0 Å². The van der Waals surface area contributed by atoms with Crippen LogP contribution < -0.4 is 0 Å². The predicted molar refractivity (Wildman–Crippen MR) is 25.3 cm³/mol. The summed E-state index contributed by atoms with van der Waals surface area (Å²) in [5, 5.41) is 6.25. The second kappa shape index (κ2) is 100. The molecule has 2 radical (unpaired) electrons. The molecule has 0 aliphatic heterocycles. The molecule has 38 valence electrons. The average molecular weight is 138 g/mol. The van der Waals surface area contributed by atoms with Crippen molar-refractivity contribution in [3.05, 3.63) is 19.2 Å². The van der Waals surface area contributed by atoms with Crippen molar-refractivity contribution in [3.63, 3.8) is 0 Å². The number of hydrogen-bond acceptors (Lipinski definition) is 1. The minimum absolute atomic E-state index is 0. The zero-order valence-corrected chi connectivity index (χ0v) is 5.40. The summed E-state index contributed by atoms with van der Waals surface area (Å²) in [5.41, 5.74) is 0. The molecular weight excluding hydrogens is 133 g/mol. The second-order valence-electron chi connectivity index (χ2n) is 0.354. The molecule has 0 rings (SSSR count). The van der Waals surface area contributed by atoms with Crippen molar-refractivity contribution in [1.82, 2.24) is 0 Å². The number of allylic oxidation sites excluding steroid dienone is 1. The van der Waals surface area contributed by atoms with Crippen molar-refractivity contribution in [3.8, 4) is 0 Å². The molecule has 0 aliphatic rings. The minimum atomic E-state index is 0. The van der Waals surface area contributed by atoms with Gasteiger partial charge < -0.3 is 17.9 Å². The third-order valence-electron chi connectivity index (χ3n) is 0. The molecule has 0 aliphatic carbocycles. The van der Waals surface area contributed by atoms with E-state index in [0.717, 1.165) is 0 Å². The van der Waals surface area contributed by atoms with Gasteiger partial charge in [0, 0.05) is 18.9 Å². The molecule has 0 aromatic rings. The molecule has 0 fully saturated rings. The van der Waals surface area contributed by atoms with E-state index in [4.69, 9.17) is 11.8 Å². The monoisotopic (exact) mass is 137 g/mol. The maximum Gasteiger partial charge on any atom is 2.00 e. The first-order valence-corrected chi connectivity index (χ1v) is 1.08. The van der Waals surface area contributed by atoms with Gasteiger partial charge in [0.2, 0.25) is 0 Å². The molecule has 0 atom stereocenters. The summed E-state index contributed by atoms with van der Waals surface area (Å²) in [6.45, 7) is 9.75. The van der Waals surface area contributed by atoms with E-state index in [0.29, 0.717) is 0 Å². The fourth-order valence-electron chi connectivity index (χ4n) is 0. The third-order valence-corrected chi connectivity index (χ3v) is 0. The van der Waals surface area contributed by atoms with E-state index in [1.807, 2.05) is 0 Å². The minimum Gasteiger partial charge on any atom is -0.512 e. The molecule has 0 amide bonds. The van der Waals surface area contributed by atoms with E-state index in [1.165, 1.54) is 0 Å². The molecule has 0 spiro atoms. The van der Waals surface area contributed by atoms with Crippen LogP contribution in [0.1, 0.15) is 6.92 Å². The van der Waals surface area contributed by atoms with Gasteiger partial charge in [-0.1, -0.05) is 0 Å². The molecular formula is C4H5CuLiN. The van der Waals surface area contributed by atoms with Crippen LogP contribution in [0, 0.1) is 17.9 Å². The van der Waals surface area contributed by atoms with Crippen LogP contribution in [0.15, 0.2) is 6.58 Å². The largest absolute Gasteiger partial charge is 2.00 e. The Morgan fingerprint density at radius 2 is 1.57 bits per heavy atom. The van der Waals surface area contributed by atoms with Crippen LogP contribution in [0.4, 0.5) is 0 Å². The topological polar surface area (TPSA) is 23.8 Å². The van der Waals surface area contributed by atoms with E-state index < -0.39 is 0 Å². The van der Waals surface area contributed by atoms with Crippen LogP contribution in [0.2, 0.25) is 0 Å². The number of rotatable bonds is 0. The van der Waals surface area contributed by atoms with Crippen LogP contribution in [-0.2, 0) is 17.1 Å². The quantitative estimate of drug-likeness (QED) is 0.356. The van der Waals surface area contributed by atoms with E-state index in [9.17, 15) is 0 Å². The Morgan fingerprint density at radius 1 is 1.57 bits per heavy atom. The van der Waals surface area contributed by atoms with Crippen molar-refractivity contribution >= 4 is 18.9 Å². The van der Waals surface area contributed by atoms with Gasteiger partial charge in [-0.05, 0) is 0 Å². The standard InChI is InChI=1S/C3H5.CN.Cu.Li/c1-3-2;1-2;;/h1H2,2H3;;;/q2*-1;+2;. The molecule has 0 N–H and O–H groups in total. The van der Waals surface area contributed by atoms with Crippen molar-refractivity contribution < 1.29 is 17.1 Å². The first-order valence-electron chi connectivity index (χ1n) is 1.08. The summed E-state index contributed by atoms with van der Waals surface area (Å²) in [4.78, 5) is 0. The predicted octanol–water partition coefficient (Wildman–Crippen LogP) is 0.709. The van der Waals surface area contributed by atoms with Crippen LogP contribution in [0.25, 0.3) is 0 Å². The Bertz CT molecular complexity index is 35.9. The summed E-state index contributed by atoms with van der Waals surface area (Å²) in [7, 11) is 0. The van der Waals surface area contributed by atoms with Gasteiger partial charge in [-0.25, -0.2) is 0 Å². The zero-order valence-electron chi connectivity index (χ0n) is 4.46. The van der Waals surface area contributed by atoms with Crippen LogP contribution in [0.5, 0.6) is 0 Å². The van der Waals surface area contributed by atoms with Crippen LogP contribution in [0.3, 0.4) is 0 Å². The second-order valence-corrected chi connectivity index (χ2v) is 0.354. The third kappa shape index (κ3) is 997. The first kappa shape index (κ1) is 26.4. The average Bonchev–Trinajstić information content (AvgIpc) is 1.46. The SMILES string of the molecule is C=[C-]C.[C-]#N.[Cu+2].[Li]. The molecule has 0 aromatic carbocycles.